The zero-order chi connectivity index (χ0) is 9.84. The number of nitrogens with two attached hydrogens (primary N) is 1. The third-order valence-corrected chi connectivity index (χ3v) is 3.22. The molecule has 0 aromatic heterocycles. The molecular weight excluding hydrogens is 160 g/mol. The van der Waals surface area contributed by atoms with Gasteiger partial charge in [0.05, 0.1) is 0 Å². The molecule has 1 aliphatic rings. The molecule has 1 aliphatic heterocycles. The van der Waals surface area contributed by atoms with E-state index in [1.54, 1.807) is 0 Å². The van der Waals surface area contributed by atoms with E-state index in [9.17, 15) is 0 Å². The molecule has 0 aromatic rings. The summed E-state index contributed by atoms with van der Waals surface area (Å²) in [5.41, 5.74) is 5.77. The fourth-order valence-corrected chi connectivity index (χ4v) is 2.27. The molecule has 0 aromatic carbocycles. The van der Waals surface area contributed by atoms with Crippen molar-refractivity contribution in [3.8, 4) is 0 Å². The lowest BCUT2D eigenvalue weighted by atomic mass is 9.97. The van der Waals surface area contributed by atoms with E-state index >= 15 is 0 Å². The van der Waals surface area contributed by atoms with E-state index in [4.69, 9.17) is 5.73 Å². The van der Waals surface area contributed by atoms with Crippen molar-refractivity contribution >= 4 is 0 Å². The Morgan fingerprint density at radius 2 is 1.85 bits per heavy atom. The molecule has 0 radical (unpaired) electrons. The number of nitrogens with zero attached hydrogens (tertiary/aromatic N) is 1. The van der Waals surface area contributed by atoms with Crippen molar-refractivity contribution < 1.29 is 0 Å². The van der Waals surface area contributed by atoms with E-state index in [0.717, 1.165) is 18.5 Å². The smallest absolute Gasteiger partial charge is 0.00697 e. The molecule has 78 valence electrons. The van der Waals surface area contributed by atoms with Crippen LogP contribution in [0.5, 0.6) is 0 Å². The summed E-state index contributed by atoms with van der Waals surface area (Å²) in [4.78, 5) is 2.62. The Labute approximate surface area is 82.5 Å². The van der Waals surface area contributed by atoms with E-state index in [-0.39, 0.29) is 0 Å². The highest BCUT2D eigenvalue weighted by Crippen LogP contribution is 2.22. The summed E-state index contributed by atoms with van der Waals surface area (Å²) in [5, 5.41) is 0. The van der Waals surface area contributed by atoms with Crippen LogP contribution in [0.1, 0.15) is 46.5 Å². The van der Waals surface area contributed by atoms with Gasteiger partial charge in [0.15, 0.2) is 0 Å². The van der Waals surface area contributed by atoms with Crippen molar-refractivity contribution in [1.82, 2.24) is 4.90 Å². The summed E-state index contributed by atoms with van der Waals surface area (Å²) in [6.07, 6.45) is 5.26. The SMILES string of the molecule is CC(N)CCN1[C@H](C)CCC[C@@H]1C. The standard InChI is InChI=1S/C11H24N2/c1-9(12)7-8-13-10(2)5-4-6-11(13)3/h9-11H,4-8,12H2,1-3H3/t9?,10-,11+. The molecular formula is C11H24N2. The number of hydrogen-bond donors (Lipinski definition) is 1. The predicted molar refractivity (Wildman–Crippen MR) is 57.7 cm³/mol. The summed E-state index contributed by atoms with van der Waals surface area (Å²) in [5.74, 6) is 0. The molecule has 3 atom stereocenters. The van der Waals surface area contributed by atoms with Gasteiger partial charge in [0.25, 0.3) is 0 Å². The summed E-state index contributed by atoms with van der Waals surface area (Å²) in [7, 11) is 0. The minimum Gasteiger partial charge on any atom is -0.328 e. The second kappa shape index (κ2) is 4.97. The molecule has 1 rings (SSSR count). The van der Waals surface area contributed by atoms with Crippen LogP contribution in [0.3, 0.4) is 0 Å². The average Bonchev–Trinajstić information content (AvgIpc) is 2.03. The molecule has 1 heterocycles. The van der Waals surface area contributed by atoms with Gasteiger partial charge < -0.3 is 5.73 Å². The molecule has 0 aliphatic carbocycles. The molecule has 0 saturated carbocycles. The van der Waals surface area contributed by atoms with Crippen molar-refractivity contribution in [2.24, 2.45) is 5.73 Å². The van der Waals surface area contributed by atoms with Gasteiger partial charge in [-0.2, -0.15) is 0 Å². The molecule has 1 saturated heterocycles. The van der Waals surface area contributed by atoms with Crippen LogP contribution in [0.25, 0.3) is 0 Å². The third kappa shape index (κ3) is 3.28. The fraction of sp³-hybridized carbons (Fsp3) is 1.00. The van der Waals surface area contributed by atoms with Crippen molar-refractivity contribution in [2.45, 2.75) is 64.6 Å². The highest BCUT2D eigenvalue weighted by atomic mass is 15.2. The van der Waals surface area contributed by atoms with Crippen molar-refractivity contribution in [3.63, 3.8) is 0 Å². The van der Waals surface area contributed by atoms with Crippen molar-refractivity contribution in [2.75, 3.05) is 6.54 Å². The zero-order valence-corrected chi connectivity index (χ0v) is 9.29. The number of piperidine rings is 1. The van der Waals surface area contributed by atoms with E-state index < -0.39 is 0 Å². The maximum Gasteiger partial charge on any atom is 0.00697 e. The number of hydrogen-bond acceptors (Lipinski definition) is 2. The lowest BCUT2D eigenvalue weighted by Gasteiger charge is -2.39. The van der Waals surface area contributed by atoms with E-state index in [1.807, 2.05) is 0 Å². The minimum absolute atomic E-state index is 0.348. The van der Waals surface area contributed by atoms with Crippen LogP contribution in [0, 0.1) is 0 Å². The van der Waals surface area contributed by atoms with Crippen LogP contribution in [0.2, 0.25) is 0 Å². The van der Waals surface area contributed by atoms with E-state index in [0.29, 0.717) is 6.04 Å². The van der Waals surface area contributed by atoms with Gasteiger partial charge in [0.1, 0.15) is 0 Å². The van der Waals surface area contributed by atoms with Gasteiger partial charge in [-0.05, 0) is 40.0 Å². The molecule has 2 nitrogen and oxygen atoms in total. The Hall–Kier alpha value is -0.0800. The quantitative estimate of drug-likeness (QED) is 0.727. The minimum atomic E-state index is 0.348. The van der Waals surface area contributed by atoms with E-state index in [1.165, 1.54) is 25.8 Å². The summed E-state index contributed by atoms with van der Waals surface area (Å²) in [6, 6.07) is 1.88. The first kappa shape index (κ1) is 11.0. The van der Waals surface area contributed by atoms with Crippen LogP contribution >= 0.6 is 0 Å². The Bertz CT molecular complexity index is 135. The zero-order valence-electron chi connectivity index (χ0n) is 9.29. The molecule has 2 heteroatoms. The molecule has 0 spiro atoms. The van der Waals surface area contributed by atoms with Crippen LogP contribution in [-0.4, -0.2) is 29.6 Å². The Morgan fingerprint density at radius 3 is 2.31 bits per heavy atom. The molecule has 0 amide bonds. The van der Waals surface area contributed by atoms with Gasteiger partial charge in [0, 0.05) is 24.7 Å². The Morgan fingerprint density at radius 1 is 1.31 bits per heavy atom. The summed E-state index contributed by atoms with van der Waals surface area (Å²) < 4.78 is 0. The normalized spacial score (nSPS) is 33.2. The van der Waals surface area contributed by atoms with Gasteiger partial charge >= 0.3 is 0 Å². The highest BCUT2D eigenvalue weighted by molar-refractivity contribution is 4.79. The van der Waals surface area contributed by atoms with Crippen molar-refractivity contribution in [1.29, 1.82) is 0 Å². The number of rotatable bonds is 3. The molecule has 1 unspecified atom stereocenters. The van der Waals surface area contributed by atoms with Crippen molar-refractivity contribution in [3.05, 3.63) is 0 Å². The second-order valence-corrected chi connectivity index (χ2v) is 4.63. The molecule has 1 fully saturated rings. The molecule has 0 bridgehead atoms. The first-order valence-corrected chi connectivity index (χ1v) is 5.62. The lowest BCUT2D eigenvalue weighted by Crippen LogP contribution is -2.45. The topological polar surface area (TPSA) is 29.3 Å². The Balaban J connectivity index is 2.35. The largest absolute Gasteiger partial charge is 0.328 e. The number of likely N-dealkylation sites (tertiary alicyclic amines) is 1. The van der Waals surface area contributed by atoms with Gasteiger partial charge in [-0.25, -0.2) is 0 Å². The monoisotopic (exact) mass is 184 g/mol. The second-order valence-electron chi connectivity index (χ2n) is 4.63. The first-order valence-electron chi connectivity index (χ1n) is 5.62. The maximum absolute atomic E-state index is 5.77. The van der Waals surface area contributed by atoms with Gasteiger partial charge in [-0.15, -0.1) is 0 Å². The summed E-state index contributed by atoms with van der Waals surface area (Å²) >= 11 is 0. The highest BCUT2D eigenvalue weighted by Gasteiger charge is 2.23. The lowest BCUT2D eigenvalue weighted by molar-refractivity contribution is 0.100. The average molecular weight is 184 g/mol. The maximum atomic E-state index is 5.77. The van der Waals surface area contributed by atoms with E-state index in [2.05, 4.69) is 25.7 Å². The predicted octanol–water partition coefficient (Wildman–Crippen LogP) is 1.99. The fourth-order valence-electron chi connectivity index (χ4n) is 2.27. The van der Waals surface area contributed by atoms with Gasteiger partial charge in [-0.3, -0.25) is 4.90 Å². The molecule has 2 N–H and O–H groups in total. The van der Waals surface area contributed by atoms with Crippen LogP contribution in [0.15, 0.2) is 0 Å². The third-order valence-electron chi connectivity index (χ3n) is 3.22. The van der Waals surface area contributed by atoms with Crippen LogP contribution < -0.4 is 5.73 Å². The summed E-state index contributed by atoms with van der Waals surface area (Å²) in [6.45, 7) is 7.97. The van der Waals surface area contributed by atoms with Gasteiger partial charge in [0.2, 0.25) is 0 Å². The van der Waals surface area contributed by atoms with Gasteiger partial charge in [-0.1, -0.05) is 6.42 Å². The molecule has 13 heavy (non-hydrogen) atoms. The van der Waals surface area contributed by atoms with Crippen LogP contribution in [0.4, 0.5) is 0 Å². The first-order chi connectivity index (χ1) is 6.11. The Kier molecular flexibility index (Phi) is 4.20. The van der Waals surface area contributed by atoms with Crippen LogP contribution in [-0.2, 0) is 0 Å².